The lowest BCUT2D eigenvalue weighted by Crippen LogP contribution is -2.42. The Morgan fingerprint density at radius 1 is 1.20 bits per heavy atom. The number of methoxy groups -OCH3 is 1. The third kappa shape index (κ3) is 3.12. The van der Waals surface area contributed by atoms with Gasteiger partial charge in [-0.1, -0.05) is 19.9 Å². The van der Waals surface area contributed by atoms with Gasteiger partial charge in [-0.15, -0.1) is 0 Å². The Morgan fingerprint density at radius 2 is 1.75 bits per heavy atom. The molecule has 0 spiro atoms. The molecular weight excluding hydrogens is 274 g/mol. The fourth-order valence-corrected chi connectivity index (χ4v) is 2.36. The predicted molar refractivity (Wildman–Crippen MR) is 68.7 cm³/mol. The zero-order chi connectivity index (χ0) is 15.6. The summed E-state index contributed by atoms with van der Waals surface area (Å²) in [5.41, 5.74) is 4.20. The van der Waals surface area contributed by atoms with Crippen molar-refractivity contribution in [3.63, 3.8) is 0 Å². The summed E-state index contributed by atoms with van der Waals surface area (Å²) in [6.45, 7) is 3.70. The van der Waals surface area contributed by atoms with Gasteiger partial charge in [0.1, 0.15) is 5.82 Å². The highest BCUT2D eigenvalue weighted by Gasteiger charge is 2.38. The van der Waals surface area contributed by atoms with Crippen molar-refractivity contribution in [1.82, 2.24) is 0 Å². The normalized spacial score (nSPS) is 14.4. The zero-order valence-corrected chi connectivity index (χ0v) is 11.7. The minimum absolute atomic E-state index is 0.212. The molecule has 0 aliphatic heterocycles. The molecule has 1 aromatic carbocycles. The first-order chi connectivity index (χ1) is 9.21. The van der Waals surface area contributed by atoms with E-state index in [0.29, 0.717) is 12.8 Å². The minimum atomic E-state index is -4.74. The number of halogens is 4. The van der Waals surface area contributed by atoms with E-state index >= 15 is 0 Å². The molecule has 6 heteroatoms. The first kappa shape index (κ1) is 16.9. The van der Waals surface area contributed by atoms with Crippen molar-refractivity contribution in [2.45, 2.75) is 44.5 Å². The van der Waals surface area contributed by atoms with Gasteiger partial charge < -0.3 is 10.5 Å². The number of alkyl halides is 3. The van der Waals surface area contributed by atoms with Gasteiger partial charge in [-0.2, -0.15) is 13.2 Å². The fourth-order valence-electron chi connectivity index (χ4n) is 2.36. The largest absolute Gasteiger partial charge is 0.419 e. The maximum absolute atomic E-state index is 13.3. The number of rotatable bonds is 5. The average Bonchev–Trinajstić information content (AvgIpc) is 2.40. The molecule has 0 saturated carbocycles. The van der Waals surface area contributed by atoms with Gasteiger partial charge in [0.25, 0.3) is 0 Å². The van der Waals surface area contributed by atoms with Crippen molar-refractivity contribution < 1.29 is 22.3 Å². The fraction of sp³-hybridized carbons (Fsp3) is 0.571. The number of hydrogen-bond donors (Lipinski definition) is 1. The van der Waals surface area contributed by atoms with Crippen LogP contribution in [0.25, 0.3) is 0 Å². The van der Waals surface area contributed by atoms with Crippen LogP contribution in [0.15, 0.2) is 18.2 Å². The molecule has 114 valence electrons. The van der Waals surface area contributed by atoms with E-state index in [9.17, 15) is 17.6 Å². The van der Waals surface area contributed by atoms with E-state index in [-0.39, 0.29) is 5.56 Å². The van der Waals surface area contributed by atoms with E-state index in [1.165, 1.54) is 13.2 Å². The third-order valence-corrected chi connectivity index (χ3v) is 3.83. The maximum atomic E-state index is 13.3. The molecule has 2 nitrogen and oxygen atoms in total. The molecule has 0 aliphatic rings. The Balaban J connectivity index is 3.27. The molecule has 0 aliphatic carbocycles. The standard InChI is InChI=1S/C14H19F4NO/c1-4-13(5-2,20-3)12(19)9-6-7-11(15)10(8-9)14(16,17)18/h6-8,12H,4-5,19H2,1-3H3. The van der Waals surface area contributed by atoms with E-state index < -0.39 is 29.2 Å². The summed E-state index contributed by atoms with van der Waals surface area (Å²) in [6, 6.07) is 2.07. The van der Waals surface area contributed by atoms with Crippen LogP contribution in [0.5, 0.6) is 0 Å². The highest BCUT2D eigenvalue weighted by atomic mass is 19.4. The smallest absolute Gasteiger partial charge is 0.376 e. The molecule has 0 amide bonds. The third-order valence-electron chi connectivity index (χ3n) is 3.83. The van der Waals surface area contributed by atoms with E-state index in [2.05, 4.69) is 0 Å². The first-order valence-corrected chi connectivity index (χ1v) is 6.39. The van der Waals surface area contributed by atoms with Gasteiger partial charge in [-0.3, -0.25) is 0 Å². The highest BCUT2D eigenvalue weighted by Crippen LogP contribution is 2.37. The van der Waals surface area contributed by atoms with E-state index in [4.69, 9.17) is 10.5 Å². The van der Waals surface area contributed by atoms with E-state index in [0.717, 1.165) is 12.1 Å². The summed E-state index contributed by atoms with van der Waals surface area (Å²) in [7, 11) is 1.47. The summed E-state index contributed by atoms with van der Waals surface area (Å²) in [5, 5.41) is 0. The molecule has 1 aromatic rings. The van der Waals surface area contributed by atoms with Gasteiger partial charge in [0.2, 0.25) is 0 Å². The second-order valence-electron chi connectivity index (χ2n) is 4.69. The Kier molecular flexibility index (Phi) is 5.15. The second-order valence-corrected chi connectivity index (χ2v) is 4.69. The maximum Gasteiger partial charge on any atom is 0.419 e. The van der Waals surface area contributed by atoms with Crippen molar-refractivity contribution >= 4 is 0 Å². The van der Waals surface area contributed by atoms with Crippen molar-refractivity contribution in [3.05, 3.63) is 35.1 Å². The highest BCUT2D eigenvalue weighted by molar-refractivity contribution is 5.31. The predicted octanol–water partition coefficient (Wildman–Crippen LogP) is 4.05. The quantitative estimate of drug-likeness (QED) is 0.831. The van der Waals surface area contributed by atoms with Crippen molar-refractivity contribution in [2.24, 2.45) is 5.73 Å². The van der Waals surface area contributed by atoms with Gasteiger partial charge in [0.15, 0.2) is 0 Å². The molecule has 0 aromatic heterocycles. The lowest BCUT2D eigenvalue weighted by Gasteiger charge is -2.36. The average molecular weight is 293 g/mol. The molecule has 1 atom stereocenters. The zero-order valence-electron chi connectivity index (χ0n) is 11.7. The molecule has 0 heterocycles. The van der Waals surface area contributed by atoms with Gasteiger partial charge in [0, 0.05) is 7.11 Å². The van der Waals surface area contributed by atoms with Crippen LogP contribution in [0, 0.1) is 5.82 Å². The lowest BCUT2D eigenvalue weighted by molar-refractivity contribution is -0.140. The van der Waals surface area contributed by atoms with Gasteiger partial charge in [-0.25, -0.2) is 4.39 Å². The van der Waals surface area contributed by atoms with Gasteiger partial charge in [0.05, 0.1) is 17.2 Å². The summed E-state index contributed by atoms with van der Waals surface area (Å²) < 4.78 is 56.9. The summed E-state index contributed by atoms with van der Waals surface area (Å²) in [5.74, 6) is -1.30. The number of benzene rings is 1. The minimum Gasteiger partial charge on any atom is -0.376 e. The van der Waals surface area contributed by atoms with Crippen LogP contribution in [0.2, 0.25) is 0 Å². The monoisotopic (exact) mass is 293 g/mol. The Hall–Kier alpha value is -1.14. The Labute approximate surface area is 115 Å². The summed E-state index contributed by atoms with van der Waals surface area (Å²) in [4.78, 5) is 0. The van der Waals surface area contributed by atoms with Crippen LogP contribution in [0.3, 0.4) is 0 Å². The van der Waals surface area contributed by atoms with Gasteiger partial charge in [-0.05, 0) is 30.5 Å². The summed E-state index contributed by atoms with van der Waals surface area (Å²) >= 11 is 0. The molecule has 1 rings (SSSR count). The van der Waals surface area contributed by atoms with Crippen LogP contribution < -0.4 is 5.73 Å². The lowest BCUT2D eigenvalue weighted by atomic mass is 9.84. The molecule has 0 saturated heterocycles. The van der Waals surface area contributed by atoms with Gasteiger partial charge >= 0.3 is 6.18 Å². The van der Waals surface area contributed by atoms with Crippen LogP contribution in [0.4, 0.5) is 17.6 Å². The van der Waals surface area contributed by atoms with Crippen LogP contribution >= 0.6 is 0 Å². The number of nitrogens with two attached hydrogens (primary N) is 1. The number of hydrogen-bond acceptors (Lipinski definition) is 2. The molecule has 0 bridgehead atoms. The van der Waals surface area contributed by atoms with Crippen LogP contribution in [-0.2, 0) is 10.9 Å². The molecule has 2 N–H and O–H groups in total. The Morgan fingerprint density at radius 3 is 2.15 bits per heavy atom. The Bertz CT molecular complexity index is 447. The molecule has 1 unspecified atom stereocenters. The van der Waals surface area contributed by atoms with E-state index in [1.807, 2.05) is 13.8 Å². The molecule has 0 fully saturated rings. The van der Waals surface area contributed by atoms with Crippen LogP contribution in [-0.4, -0.2) is 12.7 Å². The summed E-state index contributed by atoms with van der Waals surface area (Å²) in [6.07, 6.45) is -3.66. The second kappa shape index (κ2) is 6.10. The van der Waals surface area contributed by atoms with Crippen LogP contribution in [0.1, 0.15) is 43.9 Å². The van der Waals surface area contributed by atoms with Crippen molar-refractivity contribution in [2.75, 3.05) is 7.11 Å². The van der Waals surface area contributed by atoms with Crippen molar-refractivity contribution in [1.29, 1.82) is 0 Å². The topological polar surface area (TPSA) is 35.2 Å². The van der Waals surface area contributed by atoms with E-state index in [1.54, 1.807) is 0 Å². The first-order valence-electron chi connectivity index (χ1n) is 6.39. The SMILES string of the molecule is CCC(CC)(OC)C(N)c1ccc(F)c(C(F)(F)F)c1. The number of ether oxygens (including phenoxy) is 1. The van der Waals surface area contributed by atoms with Crippen molar-refractivity contribution in [3.8, 4) is 0 Å². The molecular formula is C14H19F4NO. The molecule has 0 radical (unpaired) electrons. The molecule has 20 heavy (non-hydrogen) atoms.